The van der Waals surface area contributed by atoms with Crippen molar-refractivity contribution in [1.29, 1.82) is 0 Å². The highest BCUT2D eigenvalue weighted by molar-refractivity contribution is 5.97. The molecule has 26 heavy (non-hydrogen) atoms. The predicted octanol–water partition coefficient (Wildman–Crippen LogP) is 3.22. The monoisotopic (exact) mass is 354 g/mol. The van der Waals surface area contributed by atoms with Gasteiger partial charge in [0.05, 0.1) is 19.8 Å². The molecule has 1 saturated heterocycles. The van der Waals surface area contributed by atoms with Crippen LogP contribution < -0.4 is 9.47 Å². The normalized spacial score (nSPS) is 16.2. The molecule has 1 fully saturated rings. The van der Waals surface area contributed by atoms with Crippen LogP contribution in [0.3, 0.4) is 0 Å². The Morgan fingerprint density at radius 3 is 2.27 bits per heavy atom. The van der Waals surface area contributed by atoms with Crippen LogP contribution in [0, 0.1) is 0 Å². The van der Waals surface area contributed by atoms with Gasteiger partial charge in [0.15, 0.2) is 0 Å². The van der Waals surface area contributed by atoms with E-state index in [0.717, 1.165) is 13.1 Å². The first kappa shape index (κ1) is 18.3. The van der Waals surface area contributed by atoms with Crippen LogP contribution in [0.5, 0.6) is 11.5 Å². The largest absolute Gasteiger partial charge is 0.497 e. The third-order valence-electron chi connectivity index (χ3n) is 5.07. The predicted molar refractivity (Wildman–Crippen MR) is 102 cm³/mol. The highest BCUT2D eigenvalue weighted by Crippen LogP contribution is 2.27. The summed E-state index contributed by atoms with van der Waals surface area (Å²) in [5.41, 5.74) is 1.89. The molecule has 1 heterocycles. The van der Waals surface area contributed by atoms with Gasteiger partial charge in [-0.2, -0.15) is 0 Å². The van der Waals surface area contributed by atoms with Gasteiger partial charge in [-0.05, 0) is 24.6 Å². The van der Waals surface area contributed by atoms with Crippen molar-refractivity contribution in [2.75, 3.05) is 40.4 Å². The van der Waals surface area contributed by atoms with Crippen LogP contribution in [0.15, 0.2) is 48.5 Å². The number of methoxy groups -OCH3 is 2. The molecule has 2 aromatic carbocycles. The molecule has 0 bridgehead atoms. The van der Waals surface area contributed by atoms with E-state index in [0.29, 0.717) is 36.2 Å². The van der Waals surface area contributed by atoms with Crippen LogP contribution in [-0.4, -0.2) is 56.1 Å². The smallest absolute Gasteiger partial charge is 0.257 e. The molecule has 1 amide bonds. The third kappa shape index (κ3) is 3.83. The van der Waals surface area contributed by atoms with E-state index in [1.807, 2.05) is 11.0 Å². The molecule has 0 saturated carbocycles. The molecular formula is C21H26N2O3. The molecule has 1 aliphatic rings. The number of hydrogen-bond donors (Lipinski definition) is 0. The number of rotatable bonds is 5. The Bertz CT molecular complexity index is 740. The lowest BCUT2D eigenvalue weighted by Gasteiger charge is -2.38. The zero-order valence-corrected chi connectivity index (χ0v) is 15.6. The van der Waals surface area contributed by atoms with Crippen molar-refractivity contribution in [3.63, 3.8) is 0 Å². The Labute approximate surface area is 155 Å². The van der Waals surface area contributed by atoms with E-state index in [4.69, 9.17) is 9.47 Å². The fraction of sp³-hybridized carbons (Fsp3) is 0.381. The van der Waals surface area contributed by atoms with Crippen LogP contribution in [0.1, 0.15) is 28.9 Å². The van der Waals surface area contributed by atoms with Gasteiger partial charge in [-0.1, -0.05) is 30.3 Å². The van der Waals surface area contributed by atoms with E-state index in [9.17, 15) is 4.79 Å². The van der Waals surface area contributed by atoms with Gasteiger partial charge in [0.1, 0.15) is 11.5 Å². The highest BCUT2D eigenvalue weighted by Gasteiger charge is 2.26. The number of ether oxygens (including phenoxy) is 2. The van der Waals surface area contributed by atoms with Gasteiger partial charge in [0.25, 0.3) is 5.91 Å². The van der Waals surface area contributed by atoms with E-state index in [1.54, 1.807) is 32.4 Å². The lowest BCUT2D eigenvalue weighted by atomic mass is 10.1. The van der Waals surface area contributed by atoms with Crippen molar-refractivity contribution < 1.29 is 14.3 Å². The fourth-order valence-electron chi connectivity index (χ4n) is 3.40. The molecule has 138 valence electrons. The topological polar surface area (TPSA) is 42.0 Å². The molecule has 0 radical (unpaired) electrons. The summed E-state index contributed by atoms with van der Waals surface area (Å²) in [6.07, 6.45) is 0. The molecule has 3 rings (SSSR count). The van der Waals surface area contributed by atoms with Crippen LogP contribution in [0.2, 0.25) is 0 Å². The minimum Gasteiger partial charge on any atom is -0.497 e. The molecular weight excluding hydrogens is 328 g/mol. The second-order valence-electron chi connectivity index (χ2n) is 6.48. The van der Waals surface area contributed by atoms with E-state index >= 15 is 0 Å². The SMILES string of the molecule is COc1ccc(C(=O)N2CCN(C(C)c3ccccc3)CC2)c(OC)c1. The Hall–Kier alpha value is -2.53. The van der Waals surface area contributed by atoms with Crippen molar-refractivity contribution in [2.45, 2.75) is 13.0 Å². The Kier molecular flexibility index (Phi) is 5.78. The van der Waals surface area contributed by atoms with Crippen molar-refractivity contribution in [3.8, 4) is 11.5 Å². The number of benzene rings is 2. The second-order valence-corrected chi connectivity index (χ2v) is 6.48. The van der Waals surface area contributed by atoms with E-state index < -0.39 is 0 Å². The Morgan fingerprint density at radius 2 is 1.65 bits per heavy atom. The second kappa shape index (κ2) is 8.23. The van der Waals surface area contributed by atoms with E-state index in [-0.39, 0.29) is 5.91 Å². The van der Waals surface area contributed by atoms with Gasteiger partial charge >= 0.3 is 0 Å². The van der Waals surface area contributed by atoms with E-state index in [1.165, 1.54) is 5.56 Å². The number of amides is 1. The molecule has 0 spiro atoms. The first-order chi connectivity index (χ1) is 12.6. The molecule has 0 aromatic heterocycles. The maximum absolute atomic E-state index is 12.9. The molecule has 0 N–H and O–H groups in total. The van der Waals surface area contributed by atoms with Crippen molar-refractivity contribution >= 4 is 5.91 Å². The van der Waals surface area contributed by atoms with Crippen LogP contribution >= 0.6 is 0 Å². The maximum Gasteiger partial charge on any atom is 0.257 e. The molecule has 5 heteroatoms. The van der Waals surface area contributed by atoms with Gasteiger partial charge < -0.3 is 14.4 Å². The van der Waals surface area contributed by atoms with Crippen molar-refractivity contribution in [2.24, 2.45) is 0 Å². The molecule has 1 atom stereocenters. The summed E-state index contributed by atoms with van der Waals surface area (Å²) < 4.78 is 10.6. The van der Waals surface area contributed by atoms with Crippen molar-refractivity contribution in [1.82, 2.24) is 9.80 Å². The Balaban J connectivity index is 1.65. The number of carbonyl (C=O) groups excluding carboxylic acids is 1. The molecule has 2 aromatic rings. The summed E-state index contributed by atoms with van der Waals surface area (Å²) in [7, 11) is 3.18. The highest BCUT2D eigenvalue weighted by atomic mass is 16.5. The van der Waals surface area contributed by atoms with Gasteiger partial charge in [0.2, 0.25) is 0 Å². The number of hydrogen-bond acceptors (Lipinski definition) is 4. The average Bonchev–Trinajstić information content (AvgIpc) is 2.73. The minimum absolute atomic E-state index is 0.0107. The summed E-state index contributed by atoms with van der Waals surface area (Å²) >= 11 is 0. The van der Waals surface area contributed by atoms with Gasteiger partial charge in [-0.25, -0.2) is 0 Å². The quantitative estimate of drug-likeness (QED) is 0.827. The number of nitrogens with zero attached hydrogens (tertiary/aromatic N) is 2. The van der Waals surface area contributed by atoms with Gasteiger partial charge in [-0.3, -0.25) is 9.69 Å². The third-order valence-corrected chi connectivity index (χ3v) is 5.07. The zero-order chi connectivity index (χ0) is 18.5. The lowest BCUT2D eigenvalue weighted by molar-refractivity contribution is 0.0579. The molecule has 1 unspecified atom stereocenters. The fourth-order valence-corrected chi connectivity index (χ4v) is 3.40. The van der Waals surface area contributed by atoms with Gasteiger partial charge in [0, 0.05) is 38.3 Å². The molecule has 0 aliphatic carbocycles. The average molecular weight is 354 g/mol. The summed E-state index contributed by atoms with van der Waals surface area (Å²) in [6.45, 7) is 5.37. The standard InChI is InChI=1S/C21H26N2O3/c1-16(17-7-5-4-6-8-17)22-11-13-23(14-12-22)21(24)19-10-9-18(25-2)15-20(19)26-3/h4-10,15-16H,11-14H2,1-3H3. The summed E-state index contributed by atoms with van der Waals surface area (Å²) in [5, 5.41) is 0. The summed E-state index contributed by atoms with van der Waals surface area (Å²) in [6, 6.07) is 16.2. The molecule has 1 aliphatic heterocycles. The summed E-state index contributed by atoms with van der Waals surface area (Å²) in [5.74, 6) is 1.24. The number of carbonyl (C=O) groups is 1. The first-order valence-electron chi connectivity index (χ1n) is 8.94. The lowest BCUT2D eigenvalue weighted by Crippen LogP contribution is -2.49. The minimum atomic E-state index is 0.0107. The van der Waals surface area contributed by atoms with E-state index in [2.05, 4.69) is 36.1 Å². The van der Waals surface area contributed by atoms with Crippen LogP contribution in [0.25, 0.3) is 0 Å². The first-order valence-corrected chi connectivity index (χ1v) is 8.94. The van der Waals surface area contributed by atoms with Crippen molar-refractivity contribution in [3.05, 3.63) is 59.7 Å². The van der Waals surface area contributed by atoms with Gasteiger partial charge in [-0.15, -0.1) is 0 Å². The Morgan fingerprint density at radius 1 is 0.962 bits per heavy atom. The zero-order valence-electron chi connectivity index (χ0n) is 15.6. The van der Waals surface area contributed by atoms with Crippen LogP contribution in [0.4, 0.5) is 0 Å². The van der Waals surface area contributed by atoms with Crippen LogP contribution in [-0.2, 0) is 0 Å². The summed E-state index contributed by atoms with van der Waals surface area (Å²) in [4.78, 5) is 17.2. The molecule has 5 nitrogen and oxygen atoms in total. The number of piperazine rings is 1. The maximum atomic E-state index is 12.9.